The van der Waals surface area contributed by atoms with Gasteiger partial charge in [-0.25, -0.2) is 8.42 Å². The fourth-order valence-electron chi connectivity index (χ4n) is 1.74. The van der Waals surface area contributed by atoms with Crippen LogP contribution < -0.4 is 0 Å². The van der Waals surface area contributed by atoms with Gasteiger partial charge >= 0.3 is 0 Å². The number of benzene rings is 2. The first-order chi connectivity index (χ1) is 9.50. The Morgan fingerprint density at radius 2 is 1.70 bits per heavy atom. The summed E-state index contributed by atoms with van der Waals surface area (Å²) in [6.07, 6.45) is 0. The van der Waals surface area contributed by atoms with Crippen LogP contribution in [-0.2, 0) is 9.84 Å². The summed E-state index contributed by atoms with van der Waals surface area (Å²) in [6, 6.07) is 13.8. The van der Waals surface area contributed by atoms with Crippen LogP contribution in [0.5, 0.6) is 0 Å². The lowest BCUT2D eigenvalue weighted by atomic mass is 10.1. The second kappa shape index (κ2) is 5.38. The van der Waals surface area contributed by atoms with Gasteiger partial charge in [0.05, 0.1) is 20.9 Å². The maximum absolute atomic E-state index is 12.5. The van der Waals surface area contributed by atoms with Crippen LogP contribution in [0.15, 0.2) is 57.2 Å². The van der Waals surface area contributed by atoms with E-state index in [-0.39, 0.29) is 20.9 Å². The molecule has 0 bridgehead atoms. The third kappa shape index (κ3) is 2.39. The molecule has 0 fully saturated rings. The summed E-state index contributed by atoms with van der Waals surface area (Å²) in [5.41, 5.74) is -0.102. The van der Waals surface area contributed by atoms with Crippen LogP contribution in [0.4, 0.5) is 0 Å². The summed E-state index contributed by atoms with van der Waals surface area (Å²) in [5.74, 6) is 0. The molecule has 2 aromatic carbocycles. The van der Waals surface area contributed by atoms with Crippen LogP contribution in [-0.4, -0.2) is 8.42 Å². The highest BCUT2D eigenvalue weighted by atomic mass is 32.2. The van der Waals surface area contributed by atoms with Crippen molar-refractivity contribution in [2.24, 2.45) is 0 Å². The van der Waals surface area contributed by atoms with Crippen molar-refractivity contribution >= 4 is 22.5 Å². The molecule has 0 amide bonds. The molecule has 0 aliphatic carbocycles. The molecule has 0 spiro atoms. The molecule has 20 heavy (non-hydrogen) atoms. The standard InChI is InChI=1S/C14H8N2O2S2/c15-8-10-3-1-6-14(13(10)9-16)20(17,18)12-5-2-4-11(19)7-12/h1-7,19H. The number of nitrogens with zero attached hydrogens (tertiary/aromatic N) is 2. The number of rotatable bonds is 2. The van der Waals surface area contributed by atoms with Crippen molar-refractivity contribution in [3.63, 3.8) is 0 Å². The van der Waals surface area contributed by atoms with Gasteiger partial charge in [0.2, 0.25) is 9.84 Å². The predicted octanol–water partition coefficient (Wildman–Crippen LogP) is 2.55. The van der Waals surface area contributed by atoms with Gasteiger partial charge in [0.15, 0.2) is 0 Å². The molecule has 0 aliphatic rings. The van der Waals surface area contributed by atoms with Crippen LogP contribution >= 0.6 is 12.6 Å². The molecule has 6 heteroatoms. The molecular formula is C14H8N2O2S2. The summed E-state index contributed by atoms with van der Waals surface area (Å²) in [6.45, 7) is 0. The molecule has 0 aromatic heterocycles. The average molecular weight is 300 g/mol. The third-order valence-electron chi connectivity index (χ3n) is 2.68. The van der Waals surface area contributed by atoms with Gasteiger partial charge in [0, 0.05) is 4.90 Å². The van der Waals surface area contributed by atoms with E-state index in [1.165, 1.54) is 30.3 Å². The molecule has 0 aliphatic heterocycles. The number of hydrogen-bond acceptors (Lipinski definition) is 5. The Morgan fingerprint density at radius 3 is 2.30 bits per heavy atom. The molecule has 0 N–H and O–H groups in total. The zero-order chi connectivity index (χ0) is 14.8. The van der Waals surface area contributed by atoms with Gasteiger partial charge in [-0.3, -0.25) is 0 Å². The normalized spacial score (nSPS) is 10.6. The minimum absolute atomic E-state index is 0.0376. The number of hydrogen-bond donors (Lipinski definition) is 1. The summed E-state index contributed by atoms with van der Waals surface area (Å²) in [4.78, 5) is 0.371. The SMILES string of the molecule is N#Cc1cccc(S(=O)(=O)c2cccc(S)c2)c1C#N. The van der Waals surface area contributed by atoms with Crippen molar-refractivity contribution in [1.29, 1.82) is 10.5 Å². The lowest BCUT2D eigenvalue weighted by molar-refractivity contribution is 0.595. The topological polar surface area (TPSA) is 81.7 Å². The van der Waals surface area contributed by atoms with E-state index in [1.54, 1.807) is 18.2 Å². The summed E-state index contributed by atoms with van der Waals surface area (Å²) < 4.78 is 25.1. The quantitative estimate of drug-likeness (QED) is 0.864. The molecule has 0 radical (unpaired) electrons. The predicted molar refractivity (Wildman–Crippen MR) is 75.0 cm³/mol. The van der Waals surface area contributed by atoms with Gasteiger partial charge in [-0.05, 0) is 30.3 Å². The summed E-state index contributed by atoms with van der Waals surface area (Å²) in [7, 11) is -3.86. The molecule has 0 atom stereocenters. The monoisotopic (exact) mass is 300 g/mol. The Kier molecular flexibility index (Phi) is 3.80. The smallest absolute Gasteiger partial charge is 0.207 e. The van der Waals surface area contributed by atoms with Crippen LogP contribution in [0.2, 0.25) is 0 Å². The van der Waals surface area contributed by atoms with Crippen molar-refractivity contribution in [1.82, 2.24) is 0 Å². The van der Waals surface area contributed by atoms with E-state index in [9.17, 15) is 8.42 Å². The van der Waals surface area contributed by atoms with E-state index in [4.69, 9.17) is 10.5 Å². The highest BCUT2D eigenvalue weighted by Gasteiger charge is 2.23. The fraction of sp³-hybridized carbons (Fsp3) is 0. The Labute approximate surface area is 122 Å². The number of nitriles is 2. The van der Waals surface area contributed by atoms with Crippen LogP contribution in [0.25, 0.3) is 0 Å². The third-order valence-corrected chi connectivity index (χ3v) is 4.75. The van der Waals surface area contributed by atoms with E-state index < -0.39 is 9.84 Å². The highest BCUT2D eigenvalue weighted by Crippen LogP contribution is 2.26. The van der Waals surface area contributed by atoms with Crippen LogP contribution in [0.3, 0.4) is 0 Å². The molecule has 0 saturated carbocycles. The van der Waals surface area contributed by atoms with Gasteiger partial charge in [-0.1, -0.05) is 12.1 Å². The molecule has 0 unspecified atom stereocenters. The van der Waals surface area contributed by atoms with Crippen molar-refractivity contribution in [3.05, 3.63) is 53.6 Å². The molecular weight excluding hydrogens is 292 g/mol. The molecule has 2 aromatic rings. The lowest BCUT2D eigenvalue weighted by Gasteiger charge is -2.07. The van der Waals surface area contributed by atoms with E-state index in [1.807, 2.05) is 6.07 Å². The first-order valence-electron chi connectivity index (χ1n) is 5.48. The fourth-order valence-corrected chi connectivity index (χ4v) is 3.53. The number of thiol groups is 1. The van der Waals surface area contributed by atoms with Gasteiger partial charge < -0.3 is 0 Å². The van der Waals surface area contributed by atoms with E-state index in [0.29, 0.717) is 4.90 Å². The lowest BCUT2D eigenvalue weighted by Crippen LogP contribution is -2.05. The molecule has 2 rings (SSSR count). The Morgan fingerprint density at radius 1 is 1.00 bits per heavy atom. The van der Waals surface area contributed by atoms with E-state index in [2.05, 4.69) is 12.6 Å². The van der Waals surface area contributed by atoms with Crippen molar-refractivity contribution < 1.29 is 8.42 Å². The zero-order valence-electron chi connectivity index (χ0n) is 10.1. The van der Waals surface area contributed by atoms with Crippen molar-refractivity contribution in [2.75, 3.05) is 0 Å². The van der Waals surface area contributed by atoms with Gasteiger partial charge in [0.1, 0.15) is 12.1 Å². The maximum Gasteiger partial charge on any atom is 0.207 e. The highest BCUT2D eigenvalue weighted by molar-refractivity contribution is 7.91. The maximum atomic E-state index is 12.5. The van der Waals surface area contributed by atoms with Crippen LogP contribution in [0, 0.1) is 22.7 Å². The first kappa shape index (κ1) is 14.1. The van der Waals surface area contributed by atoms with Crippen LogP contribution in [0.1, 0.15) is 11.1 Å². The van der Waals surface area contributed by atoms with Gasteiger partial charge in [-0.2, -0.15) is 10.5 Å². The van der Waals surface area contributed by atoms with E-state index in [0.717, 1.165) is 0 Å². The van der Waals surface area contributed by atoms with E-state index >= 15 is 0 Å². The second-order valence-electron chi connectivity index (χ2n) is 3.90. The first-order valence-corrected chi connectivity index (χ1v) is 7.41. The average Bonchev–Trinajstić information content (AvgIpc) is 2.46. The molecule has 0 heterocycles. The van der Waals surface area contributed by atoms with Crippen molar-refractivity contribution in [3.8, 4) is 12.1 Å². The Bertz CT molecular complexity index is 859. The zero-order valence-corrected chi connectivity index (χ0v) is 11.8. The molecule has 4 nitrogen and oxygen atoms in total. The van der Waals surface area contributed by atoms with Crippen molar-refractivity contribution in [2.45, 2.75) is 14.7 Å². The Hall–Kier alpha value is -2.28. The largest absolute Gasteiger partial charge is 0.218 e. The summed E-state index contributed by atoms with van der Waals surface area (Å²) >= 11 is 4.10. The number of sulfone groups is 1. The molecule has 0 saturated heterocycles. The summed E-state index contributed by atoms with van der Waals surface area (Å²) in [5, 5.41) is 18.1. The minimum atomic E-state index is -3.86. The molecule has 98 valence electrons. The van der Waals surface area contributed by atoms with Gasteiger partial charge in [0.25, 0.3) is 0 Å². The second-order valence-corrected chi connectivity index (χ2v) is 6.34. The minimum Gasteiger partial charge on any atom is -0.218 e. The Balaban J connectivity index is 2.75. The van der Waals surface area contributed by atoms with Gasteiger partial charge in [-0.15, -0.1) is 12.6 Å².